The van der Waals surface area contributed by atoms with Gasteiger partial charge in [-0.15, -0.1) is 0 Å². The van der Waals surface area contributed by atoms with Crippen LogP contribution in [0.1, 0.15) is 18.9 Å². The maximum atomic E-state index is 11.6. The van der Waals surface area contributed by atoms with Gasteiger partial charge in [-0.3, -0.25) is 0 Å². The first-order valence-electron chi connectivity index (χ1n) is 6.45. The number of hydrogen-bond acceptors (Lipinski definition) is 5. The van der Waals surface area contributed by atoms with Gasteiger partial charge in [-0.1, -0.05) is 42.4 Å². The van der Waals surface area contributed by atoms with Crippen LogP contribution in [0.4, 0.5) is 0 Å². The Morgan fingerprint density at radius 3 is 2.65 bits per heavy atom. The average Bonchev–Trinajstić information content (AvgIpc) is 2.50. The fourth-order valence-electron chi connectivity index (χ4n) is 1.60. The van der Waals surface area contributed by atoms with E-state index in [9.17, 15) is 14.8 Å². The summed E-state index contributed by atoms with van der Waals surface area (Å²) in [5.41, 5.74) is 0.112. The van der Waals surface area contributed by atoms with Gasteiger partial charge in [-0.2, -0.15) is 4.91 Å². The third-order valence-electron chi connectivity index (χ3n) is 3.22. The molecular formula is C15H19NO4. The normalized spacial score (nSPS) is 13.9. The van der Waals surface area contributed by atoms with E-state index >= 15 is 0 Å². The number of carbonyl (C=O) groups excluding carboxylic acids is 1. The van der Waals surface area contributed by atoms with Gasteiger partial charge in [0.2, 0.25) is 0 Å². The molecular weight excluding hydrogens is 258 g/mol. The average molecular weight is 277 g/mol. The molecule has 0 amide bonds. The molecule has 1 atom stereocenters. The summed E-state index contributed by atoms with van der Waals surface area (Å²) in [6.45, 7) is 1.47. The number of carbonyl (C=O) groups is 1. The van der Waals surface area contributed by atoms with Gasteiger partial charge in [-0.05, 0) is 18.1 Å². The van der Waals surface area contributed by atoms with Crippen LogP contribution < -0.4 is 0 Å². The molecule has 0 aliphatic rings. The highest BCUT2D eigenvalue weighted by molar-refractivity contribution is 5.87. The summed E-state index contributed by atoms with van der Waals surface area (Å²) >= 11 is 0. The Labute approximate surface area is 118 Å². The van der Waals surface area contributed by atoms with Gasteiger partial charge >= 0.3 is 5.97 Å². The maximum absolute atomic E-state index is 11.6. The molecule has 0 saturated heterocycles. The van der Waals surface area contributed by atoms with E-state index in [0.717, 1.165) is 5.56 Å². The van der Waals surface area contributed by atoms with Gasteiger partial charge in [0, 0.05) is 6.08 Å². The molecule has 0 heterocycles. The molecule has 5 nitrogen and oxygen atoms in total. The van der Waals surface area contributed by atoms with E-state index in [2.05, 4.69) is 5.18 Å². The monoisotopic (exact) mass is 277 g/mol. The highest BCUT2D eigenvalue weighted by Crippen LogP contribution is 2.22. The third kappa shape index (κ3) is 4.93. The van der Waals surface area contributed by atoms with Crippen molar-refractivity contribution in [3.05, 3.63) is 46.9 Å². The van der Waals surface area contributed by atoms with Gasteiger partial charge in [0.25, 0.3) is 0 Å². The minimum atomic E-state index is -0.780. The fraction of sp³-hybridized carbons (Fsp3) is 0.400. The molecule has 0 aliphatic heterocycles. The standard InChI is InChI=1S/C15H19NO4/c1-2-15(11-17,10-16-19)12-20-14(18)9-8-13-6-4-3-5-7-13/h3-9,17H,2,10-12H2,1H3/b9-8+. The second-order valence-corrected chi connectivity index (χ2v) is 4.65. The lowest BCUT2D eigenvalue weighted by molar-refractivity contribution is -0.142. The van der Waals surface area contributed by atoms with Gasteiger partial charge in [0.05, 0.1) is 18.6 Å². The molecule has 0 bridgehead atoms. The van der Waals surface area contributed by atoms with Crippen LogP contribution in [-0.4, -0.2) is 30.8 Å². The zero-order valence-corrected chi connectivity index (χ0v) is 11.5. The van der Waals surface area contributed by atoms with E-state index in [1.807, 2.05) is 37.3 Å². The number of nitroso groups, excluding NO2 is 1. The first-order chi connectivity index (χ1) is 9.65. The van der Waals surface area contributed by atoms with Crippen LogP contribution in [0, 0.1) is 10.3 Å². The van der Waals surface area contributed by atoms with Crippen molar-refractivity contribution >= 4 is 12.0 Å². The molecule has 1 aromatic rings. The first-order valence-corrected chi connectivity index (χ1v) is 6.45. The lowest BCUT2D eigenvalue weighted by atomic mass is 9.87. The number of aliphatic hydroxyl groups excluding tert-OH is 1. The molecule has 1 rings (SSSR count). The summed E-state index contributed by atoms with van der Waals surface area (Å²) in [5, 5.41) is 12.1. The molecule has 0 fully saturated rings. The molecule has 5 heteroatoms. The lowest BCUT2D eigenvalue weighted by Crippen LogP contribution is -2.34. The molecule has 0 saturated carbocycles. The molecule has 0 aromatic heterocycles. The maximum Gasteiger partial charge on any atom is 0.330 e. The molecule has 0 aliphatic carbocycles. The fourth-order valence-corrected chi connectivity index (χ4v) is 1.60. The second kappa shape index (κ2) is 8.22. The molecule has 20 heavy (non-hydrogen) atoms. The Bertz CT molecular complexity index is 452. The molecule has 1 unspecified atom stereocenters. The number of benzene rings is 1. The van der Waals surface area contributed by atoms with Crippen molar-refractivity contribution in [1.29, 1.82) is 0 Å². The third-order valence-corrected chi connectivity index (χ3v) is 3.22. The Hall–Kier alpha value is -2.01. The second-order valence-electron chi connectivity index (χ2n) is 4.65. The highest BCUT2D eigenvalue weighted by Gasteiger charge is 2.29. The minimum Gasteiger partial charge on any atom is -0.462 e. The Morgan fingerprint density at radius 2 is 2.10 bits per heavy atom. The van der Waals surface area contributed by atoms with E-state index in [4.69, 9.17) is 4.74 Å². The zero-order chi connectivity index (χ0) is 14.8. The minimum absolute atomic E-state index is 0.0241. The van der Waals surface area contributed by atoms with E-state index in [1.54, 1.807) is 6.08 Å². The lowest BCUT2D eigenvalue weighted by Gasteiger charge is -2.26. The van der Waals surface area contributed by atoms with Gasteiger partial charge < -0.3 is 9.84 Å². The molecule has 1 N–H and O–H groups in total. The van der Waals surface area contributed by atoms with Crippen LogP contribution in [0.15, 0.2) is 41.6 Å². The summed E-state index contributed by atoms with van der Waals surface area (Å²) < 4.78 is 5.08. The Kier molecular flexibility index (Phi) is 6.59. The molecule has 0 spiro atoms. The van der Waals surface area contributed by atoms with Crippen molar-refractivity contribution in [2.75, 3.05) is 19.8 Å². The van der Waals surface area contributed by atoms with E-state index in [-0.39, 0.29) is 19.8 Å². The highest BCUT2D eigenvalue weighted by atomic mass is 16.5. The van der Waals surface area contributed by atoms with Gasteiger partial charge in [0.1, 0.15) is 6.61 Å². The summed E-state index contributed by atoms with van der Waals surface area (Å²) in [7, 11) is 0. The molecule has 108 valence electrons. The van der Waals surface area contributed by atoms with E-state index in [1.165, 1.54) is 6.08 Å². The summed E-state index contributed by atoms with van der Waals surface area (Å²) in [4.78, 5) is 22.0. The van der Waals surface area contributed by atoms with Crippen molar-refractivity contribution in [3.63, 3.8) is 0 Å². The van der Waals surface area contributed by atoms with Crippen molar-refractivity contribution in [2.24, 2.45) is 10.6 Å². The van der Waals surface area contributed by atoms with Crippen molar-refractivity contribution in [1.82, 2.24) is 0 Å². The quantitative estimate of drug-likeness (QED) is 0.449. The van der Waals surface area contributed by atoms with Crippen LogP contribution >= 0.6 is 0 Å². The largest absolute Gasteiger partial charge is 0.462 e. The van der Waals surface area contributed by atoms with Gasteiger partial charge in [0.15, 0.2) is 0 Å². The van der Waals surface area contributed by atoms with Crippen LogP contribution in [0.25, 0.3) is 6.08 Å². The summed E-state index contributed by atoms with van der Waals surface area (Å²) in [6.07, 6.45) is 3.47. The molecule has 1 aromatic carbocycles. The number of esters is 1. The number of rotatable bonds is 8. The first kappa shape index (κ1) is 16.0. The van der Waals surface area contributed by atoms with Gasteiger partial charge in [-0.25, -0.2) is 4.79 Å². The zero-order valence-electron chi connectivity index (χ0n) is 11.5. The topological polar surface area (TPSA) is 76.0 Å². The predicted octanol–water partition coefficient (Wildman–Crippen LogP) is 2.40. The SMILES string of the molecule is CCC(CO)(CN=O)COC(=O)/C=C/c1ccccc1. The number of hydrogen-bond donors (Lipinski definition) is 1. The Balaban J connectivity index is 2.54. The van der Waals surface area contributed by atoms with Crippen LogP contribution in [0.5, 0.6) is 0 Å². The summed E-state index contributed by atoms with van der Waals surface area (Å²) in [5.74, 6) is -0.508. The van der Waals surface area contributed by atoms with Crippen LogP contribution in [-0.2, 0) is 9.53 Å². The van der Waals surface area contributed by atoms with Crippen molar-refractivity contribution in [3.8, 4) is 0 Å². The van der Waals surface area contributed by atoms with Crippen molar-refractivity contribution < 1.29 is 14.6 Å². The van der Waals surface area contributed by atoms with Crippen LogP contribution in [0.3, 0.4) is 0 Å². The number of nitrogens with zero attached hydrogens (tertiary/aromatic N) is 1. The Morgan fingerprint density at radius 1 is 1.40 bits per heavy atom. The van der Waals surface area contributed by atoms with Crippen molar-refractivity contribution in [2.45, 2.75) is 13.3 Å². The summed E-state index contributed by atoms with van der Waals surface area (Å²) in [6, 6.07) is 9.36. The predicted molar refractivity (Wildman–Crippen MR) is 76.9 cm³/mol. The van der Waals surface area contributed by atoms with Crippen LogP contribution in [0.2, 0.25) is 0 Å². The van der Waals surface area contributed by atoms with E-state index < -0.39 is 11.4 Å². The number of aliphatic hydroxyl groups is 1. The van der Waals surface area contributed by atoms with E-state index in [0.29, 0.717) is 6.42 Å². The smallest absolute Gasteiger partial charge is 0.330 e. The number of ether oxygens (including phenoxy) is 1. The molecule has 0 radical (unpaired) electrons.